The fraction of sp³-hybridized carbons (Fsp3) is 0.500. The van der Waals surface area contributed by atoms with Gasteiger partial charge in [-0.2, -0.15) is 0 Å². The van der Waals surface area contributed by atoms with Gasteiger partial charge < -0.3 is 11.1 Å². The van der Waals surface area contributed by atoms with Gasteiger partial charge in [0, 0.05) is 5.69 Å². The molecule has 1 aromatic carbocycles. The van der Waals surface area contributed by atoms with E-state index >= 15 is 0 Å². The Labute approximate surface area is 103 Å². The number of unbranched alkanes of at least 4 members (excludes halogenated alkanes) is 2. The first kappa shape index (κ1) is 13.7. The number of carbonyl (C=O) groups is 1. The zero-order chi connectivity index (χ0) is 12.7. The first-order valence-corrected chi connectivity index (χ1v) is 6.29. The molecule has 0 spiro atoms. The van der Waals surface area contributed by atoms with Crippen LogP contribution in [0.4, 0.5) is 5.69 Å². The summed E-state index contributed by atoms with van der Waals surface area (Å²) in [5, 5.41) is 2.77. The van der Waals surface area contributed by atoms with Gasteiger partial charge in [-0.15, -0.1) is 0 Å². The molecule has 1 aromatic rings. The van der Waals surface area contributed by atoms with Crippen LogP contribution in [0.15, 0.2) is 24.3 Å². The van der Waals surface area contributed by atoms with E-state index in [1.54, 1.807) is 6.92 Å². The molecule has 0 saturated heterocycles. The fourth-order valence-corrected chi connectivity index (χ4v) is 1.59. The lowest BCUT2D eigenvalue weighted by Crippen LogP contribution is -2.32. The van der Waals surface area contributed by atoms with E-state index in [1.165, 1.54) is 24.8 Å². The minimum Gasteiger partial charge on any atom is -0.325 e. The van der Waals surface area contributed by atoms with Crippen LogP contribution in [-0.4, -0.2) is 11.9 Å². The number of benzene rings is 1. The van der Waals surface area contributed by atoms with Crippen LogP contribution in [-0.2, 0) is 11.2 Å². The molecule has 0 fully saturated rings. The minimum atomic E-state index is -0.473. The fourth-order valence-electron chi connectivity index (χ4n) is 1.59. The first-order chi connectivity index (χ1) is 8.13. The first-order valence-electron chi connectivity index (χ1n) is 6.29. The van der Waals surface area contributed by atoms with E-state index in [-0.39, 0.29) is 5.91 Å². The van der Waals surface area contributed by atoms with Crippen LogP contribution in [0.2, 0.25) is 0 Å². The second-order valence-electron chi connectivity index (χ2n) is 4.43. The molecule has 1 atom stereocenters. The van der Waals surface area contributed by atoms with E-state index in [2.05, 4.69) is 24.4 Å². The Balaban J connectivity index is 2.47. The van der Waals surface area contributed by atoms with Gasteiger partial charge in [0.15, 0.2) is 0 Å². The topological polar surface area (TPSA) is 55.1 Å². The SMILES string of the molecule is CCCCCc1ccc(NC(=O)C(C)N)cc1. The number of hydrogen-bond donors (Lipinski definition) is 2. The summed E-state index contributed by atoms with van der Waals surface area (Å²) in [6, 6.07) is 7.52. The highest BCUT2D eigenvalue weighted by Crippen LogP contribution is 2.12. The third kappa shape index (κ3) is 5.00. The minimum absolute atomic E-state index is 0.149. The maximum absolute atomic E-state index is 11.4. The van der Waals surface area contributed by atoms with Crippen LogP contribution in [0.25, 0.3) is 0 Å². The van der Waals surface area contributed by atoms with E-state index in [9.17, 15) is 4.79 Å². The molecule has 0 aliphatic heterocycles. The quantitative estimate of drug-likeness (QED) is 0.743. The predicted molar refractivity (Wildman–Crippen MR) is 72.0 cm³/mol. The molecule has 0 aliphatic rings. The average molecular weight is 234 g/mol. The number of hydrogen-bond acceptors (Lipinski definition) is 2. The van der Waals surface area contributed by atoms with Crippen LogP contribution in [0.3, 0.4) is 0 Å². The van der Waals surface area contributed by atoms with E-state index in [4.69, 9.17) is 5.73 Å². The lowest BCUT2D eigenvalue weighted by atomic mass is 10.1. The van der Waals surface area contributed by atoms with Crippen molar-refractivity contribution in [3.8, 4) is 0 Å². The van der Waals surface area contributed by atoms with Crippen LogP contribution >= 0.6 is 0 Å². The van der Waals surface area contributed by atoms with Gasteiger partial charge >= 0.3 is 0 Å². The van der Waals surface area contributed by atoms with E-state index < -0.39 is 6.04 Å². The van der Waals surface area contributed by atoms with E-state index in [0.29, 0.717) is 0 Å². The van der Waals surface area contributed by atoms with Crippen LogP contribution in [0, 0.1) is 0 Å². The van der Waals surface area contributed by atoms with Gasteiger partial charge in [0.25, 0.3) is 0 Å². The van der Waals surface area contributed by atoms with Crippen LogP contribution in [0.5, 0.6) is 0 Å². The molecule has 0 radical (unpaired) electrons. The van der Waals surface area contributed by atoms with Crippen molar-refractivity contribution in [2.45, 2.75) is 45.6 Å². The number of amides is 1. The normalized spacial score (nSPS) is 12.2. The highest BCUT2D eigenvalue weighted by atomic mass is 16.2. The summed E-state index contributed by atoms with van der Waals surface area (Å²) < 4.78 is 0. The standard InChI is InChI=1S/C14H22N2O/c1-3-4-5-6-12-7-9-13(10-8-12)16-14(17)11(2)15/h7-11H,3-6,15H2,1-2H3,(H,16,17). The number of nitrogens with two attached hydrogens (primary N) is 1. The molecular weight excluding hydrogens is 212 g/mol. The zero-order valence-corrected chi connectivity index (χ0v) is 10.7. The van der Waals surface area contributed by atoms with Crippen molar-refractivity contribution in [2.75, 3.05) is 5.32 Å². The number of nitrogens with one attached hydrogen (secondary N) is 1. The number of rotatable bonds is 6. The Bertz CT molecular complexity index is 344. The van der Waals surface area contributed by atoms with Gasteiger partial charge in [0.05, 0.1) is 6.04 Å². The average Bonchev–Trinajstić information content (AvgIpc) is 2.31. The van der Waals surface area contributed by atoms with Gasteiger partial charge in [0.1, 0.15) is 0 Å². The van der Waals surface area contributed by atoms with Gasteiger partial charge in [-0.25, -0.2) is 0 Å². The second kappa shape index (κ2) is 7.07. The highest BCUT2D eigenvalue weighted by molar-refractivity contribution is 5.94. The Hall–Kier alpha value is -1.35. The van der Waals surface area contributed by atoms with Crippen molar-refractivity contribution >= 4 is 11.6 Å². The van der Waals surface area contributed by atoms with Crippen molar-refractivity contribution in [1.82, 2.24) is 0 Å². The van der Waals surface area contributed by atoms with Gasteiger partial charge in [0.2, 0.25) is 5.91 Å². The third-order valence-electron chi connectivity index (χ3n) is 2.70. The Morgan fingerprint density at radius 1 is 1.29 bits per heavy atom. The Morgan fingerprint density at radius 2 is 1.94 bits per heavy atom. The summed E-state index contributed by atoms with van der Waals surface area (Å²) in [6.45, 7) is 3.88. The molecule has 0 saturated carbocycles. The van der Waals surface area contributed by atoms with Crippen molar-refractivity contribution in [3.05, 3.63) is 29.8 Å². The van der Waals surface area contributed by atoms with E-state index in [1.807, 2.05) is 12.1 Å². The van der Waals surface area contributed by atoms with E-state index in [0.717, 1.165) is 12.1 Å². The molecule has 1 amide bonds. The smallest absolute Gasteiger partial charge is 0.240 e. The largest absolute Gasteiger partial charge is 0.325 e. The second-order valence-corrected chi connectivity index (χ2v) is 4.43. The maximum atomic E-state index is 11.4. The zero-order valence-electron chi connectivity index (χ0n) is 10.7. The molecule has 0 bridgehead atoms. The Kier molecular flexibility index (Phi) is 5.70. The van der Waals surface area contributed by atoms with Gasteiger partial charge in [-0.3, -0.25) is 4.79 Å². The van der Waals surface area contributed by atoms with Crippen molar-refractivity contribution in [1.29, 1.82) is 0 Å². The molecule has 0 aromatic heterocycles. The number of anilines is 1. The highest BCUT2D eigenvalue weighted by Gasteiger charge is 2.06. The van der Waals surface area contributed by atoms with Crippen LogP contribution < -0.4 is 11.1 Å². The molecule has 17 heavy (non-hydrogen) atoms. The van der Waals surface area contributed by atoms with Crippen molar-refractivity contribution < 1.29 is 4.79 Å². The summed E-state index contributed by atoms with van der Waals surface area (Å²) in [5.74, 6) is -0.149. The molecule has 1 unspecified atom stereocenters. The molecule has 1 rings (SSSR count). The molecule has 0 heterocycles. The molecule has 3 N–H and O–H groups in total. The Morgan fingerprint density at radius 3 is 2.47 bits per heavy atom. The maximum Gasteiger partial charge on any atom is 0.240 e. The number of aryl methyl sites for hydroxylation is 1. The monoisotopic (exact) mass is 234 g/mol. The molecule has 3 nitrogen and oxygen atoms in total. The summed E-state index contributed by atoms with van der Waals surface area (Å²) in [4.78, 5) is 11.4. The lowest BCUT2D eigenvalue weighted by molar-refractivity contribution is -0.117. The predicted octanol–water partition coefficient (Wildman–Crippen LogP) is 2.71. The summed E-state index contributed by atoms with van der Waals surface area (Å²) in [6.07, 6.45) is 4.84. The molecule has 94 valence electrons. The van der Waals surface area contributed by atoms with Crippen LogP contribution in [0.1, 0.15) is 38.7 Å². The molecule has 0 aliphatic carbocycles. The summed E-state index contributed by atoms with van der Waals surface area (Å²) in [7, 11) is 0. The van der Waals surface area contributed by atoms with Crippen molar-refractivity contribution in [2.24, 2.45) is 5.73 Å². The summed E-state index contributed by atoms with van der Waals surface area (Å²) >= 11 is 0. The molecule has 3 heteroatoms. The van der Waals surface area contributed by atoms with Gasteiger partial charge in [-0.1, -0.05) is 31.9 Å². The number of carbonyl (C=O) groups excluding carboxylic acids is 1. The third-order valence-corrected chi connectivity index (χ3v) is 2.70. The molecular formula is C14H22N2O. The van der Waals surface area contributed by atoms with Crippen molar-refractivity contribution in [3.63, 3.8) is 0 Å². The lowest BCUT2D eigenvalue weighted by Gasteiger charge is -2.08. The van der Waals surface area contributed by atoms with Gasteiger partial charge in [-0.05, 0) is 37.5 Å². The summed E-state index contributed by atoms with van der Waals surface area (Å²) in [5.41, 5.74) is 7.61.